The fraction of sp³-hybridized carbons (Fsp3) is 0.696. The first-order chi connectivity index (χ1) is 13.8. The molecule has 0 saturated carbocycles. The summed E-state index contributed by atoms with van der Waals surface area (Å²) in [6, 6.07) is 11.8. The van der Waals surface area contributed by atoms with Crippen LogP contribution in [0.4, 0.5) is 0 Å². The molecule has 1 unspecified atom stereocenters. The third kappa shape index (κ3) is 7.72. The Morgan fingerprint density at radius 1 is 1.07 bits per heavy atom. The summed E-state index contributed by atoms with van der Waals surface area (Å²) in [7, 11) is 0. The van der Waals surface area contributed by atoms with E-state index in [2.05, 4.69) is 64.6 Å². The molecule has 1 atom stereocenters. The largest absolute Gasteiger partial charge is 0.357 e. The molecule has 164 valence electrons. The van der Waals surface area contributed by atoms with Gasteiger partial charge in [0.1, 0.15) is 0 Å². The van der Waals surface area contributed by atoms with Crippen molar-refractivity contribution in [3.05, 3.63) is 35.9 Å². The Morgan fingerprint density at radius 2 is 1.76 bits per heavy atom. The maximum atomic E-state index is 5.02. The van der Waals surface area contributed by atoms with Crippen LogP contribution in [0.25, 0.3) is 0 Å². The summed E-state index contributed by atoms with van der Waals surface area (Å²) in [6.45, 7) is 12.1. The van der Waals surface area contributed by atoms with E-state index in [0.717, 1.165) is 19.0 Å². The fourth-order valence-electron chi connectivity index (χ4n) is 4.47. The van der Waals surface area contributed by atoms with Crippen molar-refractivity contribution in [2.75, 3.05) is 45.8 Å². The van der Waals surface area contributed by atoms with Gasteiger partial charge >= 0.3 is 0 Å². The SMILES string of the molecule is CCCN1CCC(NC(=NCC(c2ccccc2)N2CCCC2)NCC)CC1.I. The number of hydrogen-bond acceptors (Lipinski definition) is 3. The van der Waals surface area contributed by atoms with Gasteiger partial charge in [0.2, 0.25) is 0 Å². The quantitative estimate of drug-likeness (QED) is 0.315. The Kier molecular flexibility index (Phi) is 11.3. The minimum absolute atomic E-state index is 0. The molecule has 2 aliphatic heterocycles. The summed E-state index contributed by atoms with van der Waals surface area (Å²) in [5.74, 6) is 0.983. The number of likely N-dealkylation sites (tertiary alicyclic amines) is 2. The second-order valence-electron chi connectivity index (χ2n) is 8.15. The second-order valence-corrected chi connectivity index (χ2v) is 8.15. The van der Waals surface area contributed by atoms with Gasteiger partial charge < -0.3 is 15.5 Å². The monoisotopic (exact) mass is 513 g/mol. The number of halogens is 1. The molecule has 0 aromatic heterocycles. The summed E-state index contributed by atoms with van der Waals surface area (Å²) in [6.07, 6.45) is 6.28. The highest BCUT2D eigenvalue weighted by Crippen LogP contribution is 2.25. The molecule has 5 nitrogen and oxygen atoms in total. The van der Waals surface area contributed by atoms with Crippen LogP contribution in [0, 0.1) is 0 Å². The zero-order chi connectivity index (χ0) is 19.6. The Hall–Kier alpha value is -0.860. The lowest BCUT2D eigenvalue weighted by molar-refractivity contribution is 0.206. The van der Waals surface area contributed by atoms with Crippen LogP contribution < -0.4 is 10.6 Å². The van der Waals surface area contributed by atoms with E-state index in [4.69, 9.17) is 4.99 Å². The van der Waals surface area contributed by atoms with Gasteiger partial charge in [-0.05, 0) is 64.2 Å². The van der Waals surface area contributed by atoms with Gasteiger partial charge in [0, 0.05) is 25.7 Å². The van der Waals surface area contributed by atoms with Crippen LogP contribution in [0.15, 0.2) is 35.3 Å². The van der Waals surface area contributed by atoms with Gasteiger partial charge in [-0.3, -0.25) is 9.89 Å². The van der Waals surface area contributed by atoms with E-state index in [-0.39, 0.29) is 24.0 Å². The van der Waals surface area contributed by atoms with E-state index >= 15 is 0 Å². The standard InChI is InChI=1S/C23H39N5.HI/c1-3-14-27-17-12-21(13-18-27)26-23(24-4-2)25-19-22(28-15-8-9-16-28)20-10-6-5-7-11-20;/h5-7,10-11,21-22H,3-4,8-9,12-19H2,1-2H3,(H2,24,25,26);1H. The Labute approximate surface area is 194 Å². The highest BCUT2D eigenvalue weighted by atomic mass is 127. The molecule has 0 spiro atoms. The number of piperidine rings is 1. The number of rotatable bonds is 8. The van der Waals surface area contributed by atoms with Crippen molar-refractivity contribution in [1.29, 1.82) is 0 Å². The van der Waals surface area contributed by atoms with E-state index in [1.807, 2.05) is 0 Å². The van der Waals surface area contributed by atoms with Crippen molar-refractivity contribution in [3.63, 3.8) is 0 Å². The molecule has 2 N–H and O–H groups in total. The van der Waals surface area contributed by atoms with Crippen LogP contribution in [-0.2, 0) is 0 Å². The Morgan fingerprint density at radius 3 is 2.38 bits per heavy atom. The van der Waals surface area contributed by atoms with E-state index in [0.29, 0.717) is 12.1 Å². The van der Waals surface area contributed by atoms with Crippen LogP contribution in [0.3, 0.4) is 0 Å². The topological polar surface area (TPSA) is 42.9 Å². The summed E-state index contributed by atoms with van der Waals surface area (Å²) in [5, 5.41) is 7.18. The molecule has 0 bridgehead atoms. The molecule has 29 heavy (non-hydrogen) atoms. The molecule has 1 aromatic carbocycles. The van der Waals surface area contributed by atoms with Gasteiger partial charge in [0.15, 0.2) is 5.96 Å². The zero-order valence-electron chi connectivity index (χ0n) is 18.3. The zero-order valence-corrected chi connectivity index (χ0v) is 20.6. The van der Waals surface area contributed by atoms with Gasteiger partial charge in [-0.1, -0.05) is 37.3 Å². The highest BCUT2D eigenvalue weighted by Gasteiger charge is 2.24. The van der Waals surface area contributed by atoms with Crippen LogP contribution in [0.1, 0.15) is 57.6 Å². The molecule has 1 aromatic rings. The van der Waals surface area contributed by atoms with Gasteiger partial charge in [0.25, 0.3) is 0 Å². The predicted molar refractivity (Wildman–Crippen MR) is 134 cm³/mol. The highest BCUT2D eigenvalue weighted by molar-refractivity contribution is 14.0. The van der Waals surface area contributed by atoms with Crippen molar-refractivity contribution in [2.24, 2.45) is 4.99 Å². The van der Waals surface area contributed by atoms with Crippen molar-refractivity contribution in [1.82, 2.24) is 20.4 Å². The molecule has 2 saturated heterocycles. The smallest absolute Gasteiger partial charge is 0.191 e. The van der Waals surface area contributed by atoms with Crippen molar-refractivity contribution in [3.8, 4) is 0 Å². The summed E-state index contributed by atoms with van der Waals surface area (Å²) in [5.41, 5.74) is 1.39. The average molecular weight is 514 g/mol. The van der Waals surface area contributed by atoms with Crippen LogP contribution >= 0.6 is 24.0 Å². The minimum atomic E-state index is 0. The molecule has 3 rings (SSSR count). The van der Waals surface area contributed by atoms with E-state index in [1.165, 1.54) is 70.4 Å². The number of hydrogen-bond donors (Lipinski definition) is 2. The van der Waals surface area contributed by atoms with Crippen LogP contribution in [0.5, 0.6) is 0 Å². The van der Waals surface area contributed by atoms with E-state index in [9.17, 15) is 0 Å². The number of guanidine groups is 1. The molecule has 2 aliphatic rings. The molecular weight excluding hydrogens is 473 g/mol. The first-order valence-electron chi connectivity index (χ1n) is 11.4. The van der Waals surface area contributed by atoms with Crippen LogP contribution in [-0.4, -0.2) is 67.6 Å². The van der Waals surface area contributed by atoms with Gasteiger partial charge in [-0.2, -0.15) is 0 Å². The van der Waals surface area contributed by atoms with Crippen LogP contribution in [0.2, 0.25) is 0 Å². The first kappa shape index (κ1) is 24.4. The molecule has 2 heterocycles. The lowest BCUT2D eigenvalue weighted by Crippen LogP contribution is -2.49. The van der Waals surface area contributed by atoms with Gasteiger partial charge in [-0.25, -0.2) is 0 Å². The lowest BCUT2D eigenvalue weighted by atomic mass is 10.0. The minimum Gasteiger partial charge on any atom is -0.357 e. The van der Waals surface area contributed by atoms with Crippen molar-refractivity contribution in [2.45, 2.75) is 58.0 Å². The Bertz CT molecular complexity index is 580. The summed E-state index contributed by atoms with van der Waals surface area (Å²) >= 11 is 0. The maximum absolute atomic E-state index is 5.02. The summed E-state index contributed by atoms with van der Waals surface area (Å²) in [4.78, 5) is 10.2. The molecule has 2 fully saturated rings. The molecule has 0 aliphatic carbocycles. The van der Waals surface area contributed by atoms with Crippen molar-refractivity contribution >= 4 is 29.9 Å². The number of nitrogens with one attached hydrogen (secondary N) is 2. The predicted octanol–water partition coefficient (Wildman–Crippen LogP) is 3.87. The first-order valence-corrected chi connectivity index (χ1v) is 11.4. The fourth-order valence-corrected chi connectivity index (χ4v) is 4.47. The number of nitrogens with zero attached hydrogens (tertiary/aromatic N) is 3. The maximum Gasteiger partial charge on any atom is 0.191 e. The lowest BCUT2D eigenvalue weighted by Gasteiger charge is -2.33. The molecule has 0 radical (unpaired) electrons. The van der Waals surface area contributed by atoms with Crippen molar-refractivity contribution < 1.29 is 0 Å². The Balaban J connectivity index is 0.00000300. The second kappa shape index (κ2) is 13.4. The van der Waals surface area contributed by atoms with E-state index in [1.54, 1.807) is 0 Å². The average Bonchev–Trinajstić information content (AvgIpc) is 3.25. The van der Waals surface area contributed by atoms with E-state index < -0.39 is 0 Å². The number of benzene rings is 1. The molecule has 6 heteroatoms. The number of aliphatic imine (C=N–C) groups is 1. The van der Waals surface area contributed by atoms with Gasteiger partial charge in [-0.15, -0.1) is 24.0 Å². The third-order valence-corrected chi connectivity index (χ3v) is 6.00. The molecule has 0 amide bonds. The van der Waals surface area contributed by atoms with Gasteiger partial charge in [0.05, 0.1) is 12.6 Å². The molecular formula is C23H40IN5. The normalized spacial score (nSPS) is 20.3. The third-order valence-electron chi connectivity index (χ3n) is 6.00. The summed E-state index contributed by atoms with van der Waals surface area (Å²) < 4.78 is 0.